The van der Waals surface area contributed by atoms with E-state index in [0.717, 1.165) is 0 Å². The van der Waals surface area contributed by atoms with E-state index < -0.39 is 24.0 Å². The van der Waals surface area contributed by atoms with Gasteiger partial charge < -0.3 is 19.5 Å². The summed E-state index contributed by atoms with van der Waals surface area (Å²) in [6.45, 7) is -2.02. The maximum Gasteiger partial charge on any atom is 0.333 e. The Kier molecular flexibility index (Phi) is 7.37. The first-order valence-corrected chi connectivity index (χ1v) is 12.6. The van der Waals surface area contributed by atoms with Gasteiger partial charge in [-0.15, -0.1) is 11.3 Å². The van der Waals surface area contributed by atoms with Gasteiger partial charge in [-0.05, 0) is 18.2 Å². The van der Waals surface area contributed by atoms with Gasteiger partial charge >= 0.3 is 6.55 Å². The molecule has 1 saturated heterocycles. The second-order valence-electron chi connectivity index (χ2n) is 8.71. The number of rotatable bonds is 9. The molecule has 0 aliphatic carbocycles. The average Bonchev–Trinajstić information content (AvgIpc) is 3.61. The van der Waals surface area contributed by atoms with Crippen molar-refractivity contribution in [3.8, 4) is 0 Å². The third-order valence-electron chi connectivity index (χ3n) is 6.13. The Labute approximate surface area is 219 Å². The molecule has 0 radical (unpaired) electrons. The lowest BCUT2D eigenvalue weighted by Crippen LogP contribution is -2.40. The van der Waals surface area contributed by atoms with Crippen molar-refractivity contribution in [3.05, 3.63) is 74.8 Å². The monoisotopic (exact) mass is 553 g/mol. The quantitative estimate of drug-likeness (QED) is 0.392. The molecule has 2 atom stereocenters. The number of alkyl halides is 2. The zero-order chi connectivity index (χ0) is 26.2. The van der Waals surface area contributed by atoms with Gasteiger partial charge in [0, 0.05) is 53.2 Å². The fourth-order valence-corrected chi connectivity index (χ4v) is 5.45. The molecule has 0 spiro atoms. The minimum absolute atomic E-state index is 0.0161. The molecule has 2 aliphatic heterocycles. The van der Waals surface area contributed by atoms with E-state index in [1.807, 2.05) is 4.90 Å². The lowest BCUT2D eigenvalue weighted by atomic mass is 9.91. The van der Waals surface area contributed by atoms with Crippen LogP contribution in [0.2, 0.25) is 5.02 Å². The molecule has 0 amide bonds. The van der Waals surface area contributed by atoms with Crippen molar-refractivity contribution in [3.63, 3.8) is 0 Å². The van der Waals surface area contributed by atoms with Crippen molar-refractivity contribution in [1.29, 1.82) is 0 Å². The number of benzene rings is 1. The molecule has 2 aliphatic rings. The molecule has 37 heavy (non-hydrogen) atoms. The minimum Gasteiger partial charge on any atom is -0.385 e. The molecule has 4 heterocycles. The summed E-state index contributed by atoms with van der Waals surface area (Å²) >= 11 is 7.82. The summed E-state index contributed by atoms with van der Waals surface area (Å²) in [7, 11) is 1.56. The van der Waals surface area contributed by atoms with Crippen LogP contribution in [0, 0.1) is 5.82 Å². The highest BCUT2D eigenvalue weighted by atomic mass is 35.5. The Balaban J connectivity index is 1.66. The van der Waals surface area contributed by atoms with E-state index >= 15 is 0 Å². The largest absolute Gasteiger partial charge is 0.385 e. The highest BCUT2D eigenvalue weighted by molar-refractivity contribution is 7.11. The Morgan fingerprint density at radius 3 is 2.81 bits per heavy atom. The van der Waals surface area contributed by atoms with Gasteiger partial charge in [-0.2, -0.15) is 13.9 Å². The van der Waals surface area contributed by atoms with Gasteiger partial charge in [-0.1, -0.05) is 17.7 Å². The molecule has 0 bridgehead atoms. The summed E-state index contributed by atoms with van der Waals surface area (Å²) in [6, 6.07) is 4.61. The summed E-state index contributed by atoms with van der Waals surface area (Å²) in [5.74, 6) is -0.0322. The van der Waals surface area contributed by atoms with Crippen LogP contribution >= 0.6 is 22.9 Å². The fourth-order valence-electron chi connectivity index (χ4n) is 4.54. The number of hydrogen-bond donors (Lipinski definition) is 1. The first kappa shape index (κ1) is 25.9. The second-order valence-corrected chi connectivity index (χ2v) is 10.0. The van der Waals surface area contributed by atoms with Crippen LogP contribution in [0.25, 0.3) is 5.57 Å². The number of fused-ring (bicyclic) bond motifs is 1. The molecule has 5 rings (SSSR count). The van der Waals surface area contributed by atoms with Gasteiger partial charge in [0.15, 0.2) is 10.8 Å². The molecular weight excluding hydrogens is 531 g/mol. The van der Waals surface area contributed by atoms with Crippen LogP contribution in [0.3, 0.4) is 0 Å². The van der Waals surface area contributed by atoms with Gasteiger partial charge in [0.2, 0.25) is 0 Å². The first-order chi connectivity index (χ1) is 17.8. The average molecular weight is 554 g/mol. The highest BCUT2D eigenvalue weighted by Gasteiger charge is 2.47. The van der Waals surface area contributed by atoms with Gasteiger partial charge in [0.25, 0.3) is 0 Å². The highest BCUT2D eigenvalue weighted by Crippen LogP contribution is 2.48. The molecule has 13 heteroatoms. The molecule has 0 saturated carbocycles. The van der Waals surface area contributed by atoms with E-state index in [1.165, 1.54) is 41.8 Å². The van der Waals surface area contributed by atoms with Crippen molar-refractivity contribution in [1.82, 2.24) is 19.7 Å². The van der Waals surface area contributed by atoms with Crippen molar-refractivity contribution in [2.75, 3.05) is 33.5 Å². The zero-order valence-corrected chi connectivity index (χ0v) is 21.2. The number of aliphatic hydroxyl groups is 1. The van der Waals surface area contributed by atoms with E-state index in [9.17, 15) is 18.3 Å². The van der Waals surface area contributed by atoms with Gasteiger partial charge in [-0.25, -0.2) is 14.1 Å². The van der Waals surface area contributed by atoms with Crippen LogP contribution in [0.15, 0.2) is 52.7 Å². The van der Waals surface area contributed by atoms with E-state index in [1.54, 1.807) is 18.7 Å². The van der Waals surface area contributed by atoms with E-state index in [2.05, 4.69) is 10.1 Å². The third-order valence-corrected chi connectivity index (χ3v) is 7.23. The molecule has 1 aromatic carbocycles. The zero-order valence-electron chi connectivity index (χ0n) is 19.7. The SMILES string of the molecule is COCCOC[C@]1(O)CC2=C(c3ccn(C(F)F)n3)[C@H](c3ccc(F)cc3Cl)N=C(c3nccs3)N2C1. The number of halogens is 4. The predicted molar refractivity (Wildman–Crippen MR) is 132 cm³/mol. The van der Waals surface area contributed by atoms with Crippen molar-refractivity contribution < 1.29 is 27.8 Å². The first-order valence-electron chi connectivity index (χ1n) is 11.4. The van der Waals surface area contributed by atoms with Crippen LogP contribution in [0.1, 0.15) is 35.3 Å². The smallest absolute Gasteiger partial charge is 0.333 e. The number of methoxy groups -OCH3 is 1. The van der Waals surface area contributed by atoms with Crippen molar-refractivity contribution >= 4 is 34.3 Å². The summed E-state index contributed by atoms with van der Waals surface area (Å²) in [4.78, 5) is 11.2. The maximum atomic E-state index is 13.9. The molecule has 1 N–H and O–H groups in total. The molecule has 8 nitrogen and oxygen atoms in total. The normalized spacial score (nSPS) is 21.6. The summed E-state index contributed by atoms with van der Waals surface area (Å²) in [5, 5.41) is 18.1. The number of nitrogens with zero attached hydrogens (tertiary/aromatic N) is 5. The van der Waals surface area contributed by atoms with Crippen LogP contribution < -0.4 is 0 Å². The Hall–Kier alpha value is -2.77. The van der Waals surface area contributed by atoms with Crippen LogP contribution in [-0.4, -0.2) is 69.7 Å². The molecule has 2 aromatic heterocycles. The lowest BCUT2D eigenvalue weighted by Gasteiger charge is -2.32. The Morgan fingerprint density at radius 1 is 1.30 bits per heavy atom. The fraction of sp³-hybridized carbons (Fsp3) is 0.375. The van der Waals surface area contributed by atoms with Crippen LogP contribution in [0.4, 0.5) is 13.2 Å². The number of hydrogen-bond acceptors (Lipinski definition) is 8. The van der Waals surface area contributed by atoms with Crippen molar-refractivity contribution in [2.24, 2.45) is 4.99 Å². The van der Waals surface area contributed by atoms with Crippen LogP contribution in [-0.2, 0) is 9.47 Å². The van der Waals surface area contributed by atoms with Crippen LogP contribution in [0.5, 0.6) is 0 Å². The van der Waals surface area contributed by atoms with E-state index in [0.29, 0.717) is 45.6 Å². The Morgan fingerprint density at radius 2 is 2.14 bits per heavy atom. The molecule has 0 unspecified atom stereocenters. The van der Waals surface area contributed by atoms with E-state index in [-0.39, 0.29) is 30.3 Å². The number of ether oxygens (including phenoxy) is 2. The topological polar surface area (TPSA) is 85.0 Å². The molecular formula is C24H23ClF3N5O3S. The van der Waals surface area contributed by atoms with Gasteiger partial charge in [0.1, 0.15) is 17.5 Å². The van der Waals surface area contributed by atoms with E-state index in [4.69, 9.17) is 26.1 Å². The molecule has 196 valence electrons. The summed E-state index contributed by atoms with van der Waals surface area (Å²) < 4.78 is 52.0. The predicted octanol–water partition coefficient (Wildman–Crippen LogP) is 4.54. The number of aliphatic imine (C=N–C) groups is 1. The Bertz CT molecular complexity index is 1330. The standard InChI is InChI=1S/C24H23ClF3N5O3S/c1-35-7-8-36-13-24(34)11-18-19(17-4-6-33(31-17)23(27)28)20(15-3-2-14(26)10-16(15)25)30-21(32(18)12-24)22-29-5-9-37-22/h2-6,9-10,20,23,34H,7-8,11-13H2,1H3/t20-,24-/m0/s1. The summed E-state index contributed by atoms with van der Waals surface area (Å²) in [5.41, 5.74) is 0.526. The maximum absolute atomic E-state index is 13.9. The minimum atomic E-state index is -2.84. The van der Waals surface area contributed by atoms with Gasteiger partial charge in [0.05, 0.1) is 32.1 Å². The number of thiazole rings is 1. The molecule has 3 aromatic rings. The lowest BCUT2D eigenvalue weighted by molar-refractivity contribution is -0.0453. The third kappa shape index (κ3) is 5.16. The van der Waals surface area contributed by atoms with Crippen molar-refractivity contribution in [2.45, 2.75) is 24.6 Å². The number of amidine groups is 1. The van der Waals surface area contributed by atoms with Gasteiger partial charge in [-0.3, -0.25) is 4.99 Å². The molecule has 1 fully saturated rings. The number of aromatic nitrogens is 3. The summed E-state index contributed by atoms with van der Waals surface area (Å²) in [6.07, 6.45) is 2.95. The second kappa shape index (κ2) is 10.5.